The maximum absolute atomic E-state index is 12.6. The van der Waals surface area contributed by atoms with Gasteiger partial charge >= 0.3 is 0 Å². The van der Waals surface area contributed by atoms with E-state index in [2.05, 4.69) is 40.1 Å². The summed E-state index contributed by atoms with van der Waals surface area (Å²) in [6.45, 7) is 6.49. The van der Waals surface area contributed by atoms with Crippen LogP contribution in [0.3, 0.4) is 0 Å². The van der Waals surface area contributed by atoms with Gasteiger partial charge in [0, 0.05) is 18.5 Å². The van der Waals surface area contributed by atoms with Gasteiger partial charge in [-0.2, -0.15) is 5.10 Å². The summed E-state index contributed by atoms with van der Waals surface area (Å²) < 4.78 is 1.99. The van der Waals surface area contributed by atoms with Crippen LogP contribution in [-0.2, 0) is 17.9 Å². The highest BCUT2D eigenvalue weighted by Crippen LogP contribution is 2.37. The van der Waals surface area contributed by atoms with Crippen molar-refractivity contribution in [3.05, 3.63) is 30.0 Å². The number of para-hydroxylation sites is 1. The van der Waals surface area contributed by atoms with Crippen LogP contribution in [0.4, 0.5) is 0 Å². The SMILES string of the molecule is CCn1nc(CNC(=O)C2CC3(CCNCC3)CN2)c2ccccc21.Cl.Cl. The Balaban J connectivity index is 0.00000131. The van der Waals surface area contributed by atoms with Gasteiger partial charge in [-0.3, -0.25) is 9.48 Å². The largest absolute Gasteiger partial charge is 0.349 e. The highest BCUT2D eigenvalue weighted by molar-refractivity contribution is 5.86. The first-order valence-corrected chi connectivity index (χ1v) is 9.37. The lowest BCUT2D eigenvalue weighted by Crippen LogP contribution is -2.40. The van der Waals surface area contributed by atoms with Gasteiger partial charge in [0.05, 0.1) is 23.8 Å². The fourth-order valence-electron chi connectivity index (χ4n) is 4.30. The van der Waals surface area contributed by atoms with Crippen LogP contribution in [0.1, 0.15) is 31.9 Å². The number of carbonyl (C=O) groups excluding carboxylic acids is 1. The summed E-state index contributed by atoms with van der Waals surface area (Å²) in [5.74, 6) is 0.102. The maximum Gasteiger partial charge on any atom is 0.237 e. The number of nitrogens with zero attached hydrogens (tertiary/aromatic N) is 2. The molecule has 1 atom stereocenters. The molecule has 0 aliphatic carbocycles. The third kappa shape index (κ3) is 4.40. The number of aromatic nitrogens is 2. The summed E-state index contributed by atoms with van der Waals surface area (Å²) >= 11 is 0. The monoisotopic (exact) mass is 413 g/mol. The molecule has 2 aliphatic rings. The second kappa shape index (κ2) is 9.24. The Morgan fingerprint density at radius 3 is 2.78 bits per heavy atom. The van der Waals surface area contributed by atoms with Gasteiger partial charge in [0.2, 0.25) is 5.91 Å². The van der Waals surface area contributed by atoms with Gasteiger partial charge in [-0.1, -0.05) is 18.2 Å². The quantitative estimate of drug-likeness (QED) is 0.718. The predicted molar refractivity (Wildman–Crippen MR) is 113 cm³/mol. The van der Waals surface area contributed by atoms with Gasteiger partial charge in [-0.05, 0) is 50.8 Å². The number of rotatable bonds is 4. The van der Waals surface area contributed by atoms with Crippen LogP contribution in [0.15, 0.2) is 24.3 Å². The van der Waals surface area contributed by atoms with Crippen molar-refractivity contribution in [1.29, 1.82) is 0 Å². The van der Waals surface area contributed by atoms with Crippen molar-refractivity contribution in [2.45, 2.75) is 45.3 Å². The number of amides is 1. The van der Waals surface area contributed by atoms with E-state index < -0.39 is 0 Å². The minimum Gasteiger partial charge on any atom is -0.349 e. The lowest BCUT2D eigenvalue weighted by molar-refractivity contribution is -0.123. The van der Waals surface area contributed by atoms with Crippen molar-refractivity contribution in [2.75, 3.05) is 19.6 Å². The number of piperidine rings is 1. The van der Waals surface area contributed by atoms with E-state index in [1.165, 1.54) is 0 Å². The molecule has 2 aliphatic heterocycles. The van der Waals surface area contributed by atoms with E-state index >= 15 is 0 Å². The minimum atomic E-state index is -0.0716. The standard InChI is InChI=1S/C19H27N5O.2ClH/c1-2-24-17-6-4-3-5-14(17)16(23-24)12-21-18(25)15-11-19(13-22-15)7-9-20-10-8-19;;/h3-6,15,20,22H,2,7-13H2,1H3,(H,21,25);2*1H. The summed E-state index contributed by atoms with van der Waals surface area (Å²) in [5.41, 5.74) is 2.38. The van der Waals surface area contributed by atoms with Gasteiger partial charge < -0.3 is 16.0 Å². The number of nitrogens with one attached hydrogen (secondary N) is 3. The zero-order valence-corrected chi connectivity index (χ0v) is 17.3. The van der Waals surface area contributed by atoms with Crippen LogP contribution < -0.4 is 16.0 Å². The van der Waals surface area contributed by atoms with Crippen molar-refractivity contribution in [1.82, 2.24) is 25.7 Å². The average Bonchev–Trinajstić information content (AvgIpc) is 3.22. The molecule has 1 amide bonds. The van der Waals surface area contributed by atoms with E-state index in [0.717, 1.165) is 62.0 Å². The molecular weight excluding hydrogens is 385 g/mol. The summed E-state index contributed by atoms with van der Waals surface area (Å²) in [6, 6.07) is 8.14. The summed E-state index contributed by atoms with van der Waals surface area (Å²) in [6.07, 6.45) is 3.27. The molecule has 1 aromatic carbocycles. The van der Waals surface area contributed by atoms with Crippen molar-refractivity contribution >= 4 is 41.6 Å². The lowest BCUT2D eigenvalue weighted by Gasteiger charge is -2.33. The second-order valence-electron chi connectivity index (χ2n) is 7.39. The number of hydrogen-bond donors (Lipinski definition) is 3. The van der Waals surface area contributed by atoms with Gasteiger partial charge in [-0.25, -0.2) is 0 Å². The number of halogens is 2. The van der Waals surface area contributed by atoms with E-state index in [4.69, 9.17) is 0 Å². The summed E-state index contributed by atoms with van der Waals surface area (Å²) in [4.78, 5) is 12.6. The average molecular weight is 414 g/mol. The molecule has 8 heteroatoms. The predicted octanol–water partition coefficient (Wildman–Crippen LogP) is 2.25. The summed E-state index contributed by atoms with van der Waals surface area (Å²) in [7, 11) is 0. The first-order valence-electron chi connectivity index (χ1n) is 9.37. The Morgan fingerprint density at radius 2 is 2.04 bits per heavy atom. The second-order valence-corrected chi connectivity index (χ2v) is 7.39. The first kappa shape index (κ1) is 22.0. The van der Waals surface area contributed by atoms with Crippen molar-refractivity contribution in [3.8, 4) is 0 Å². The van der Waals surface area contributed by atoms with Gasteiger partial charge in [0.1, 0.15) is 0 Å². The van der Waals surface area contributed by atoms with Crippen LogP contribution in [-0.4, -0.2) is 41.4 Å². The van der Waals surface area contributed by atoms with E-state index in [9.17, 15) is 4.79 Å². The lowest BCUT2D eigenvalue weighted by atomic mass is 9.77. The van der Waals surface area contributed by atoms with E-state index in [1.54, 1.807) is 0 Å². The Kier molecular flexibility index (Phi) is 7.51. The minimum absolute atomic E-state index is 0. The maximum atomic E-state index is 12.6. The van der Waals surface area contributed by atoms with E-state index in [1.807, 2.05) is 16.8 Å². The number of hydrogen-bond acceptors (Lipinski definition) is 4. The fraction of sp³-hybridized carbons (Fsp3) is 0.579. The van der Waals surface area contributed by atoms with Crippen molar-refractivity contribution in [2.24, 2.45) is 5.41 Å². The molecule has 1 unspecified atom stereocenters. The molecule has 0 radical (unpaired) electrons. The fourth-order valence-corrected chi connectivity index (χ4v) is 4.30. The van der Waals surface area contributed by atoms with Crippen LogP contribution in [0, 0.1) is 5.41 Å². The Morgan fingerprint density at radius 1 is 1.30 bits per heavy atom. The highest BCUT2D eigenvalue weighted by atomic mass is 35.5. The van der Waals surface area contributed by atoms with Crippen molar-refractivity contribution in [3.63, 3.8) is 0 Å². The van der Waals surface area contributed by atoms with Crippen LogP contribution in [0.25, 0.3) is 10.9 Å². The Bertz CT molecular complexity index is 773. The molecule has 3 heterocycles. The van der Waals surface area contributed by atoms with Crippen LogP contribution >= 0.6 is 24.8 Å². The van der Waals surface area contributed by atoms with Gasteiger partial charge in [0.15, 0.2) is 0 Å². The molecule has 6 nitrogen and oxygen atoms in total. The molecular formula is C19H29Cl2N5O. The topological polar surface area (TPSA) is 71.0 Å². The zero-order chi connectivity index (χ0) is 17.3. The molecule has 3 N–H and O–H groups in total. The summed E-state index contributed by atoms with van der Waals surface area (Å²) in [5, 5.41) is 15.7. The Hall–Kier alpha value is -1.34. The molecule has 2 aromatic rings. The molecule has 2 fully saturated rings. The van der Waals surface area contributed by atoms with E-state index in [-0.39, 0.29) is 36.8 Å². The van der Waals surface area contributed by atoms with Crippen LogP contribution in [0.2, 0.25) is 0 Å². The van der Waals surface area contributed by atoms with Gasteiger partial charge in [-0.15, -0.1) is 24.8 Å². The Labute approximate surface area is 172 Å². The number of aryl methyl sites for hydroxylation is 1. The van der Waals surface area contributed by atoms with Crippen molar-refractivity contribution < 1.29 is 4.79 Å². The van der Waals surface area contributed by atoms with E-state index in [0.29, 0.717) is 12.0 Å². The molecule has 4 rings (SSSR count). The first-order chi connectivity index (χ1) is 12.2. The van der Waals surface area contributed by atoms with Crippen LogP contribution in [0.5, 0.6) is 0 Å². The number of benzene rings is 1. The molecule has 27 heavy (non-hydrogen) atoms. The highest BCUT2D eigenvalue weighted by Gasteiger charge is 2.42. The number of carbonyl (C=O) groups is 1. The third-order valence-corrected chi connectivity index (χ3v) is 5.81. The molecule has 150 valence electrons. The molecule has 1 aromatic heterocycles. The molecule has 0 saturated carbocycles. The zero-order valence-electron chi connectivity index (χ0n) is 15.7. The third-order valence-electron chi connectivity index (χ3n) is 5.81. The number of fused-ring (bicyclic) bond motifs is 1. The normalized spacial score (nSPS) is 20.9. The molecule has 0 bridgehead atoms. The van der Waals surface area contributed by atoms with Gasteiger partial charge in [0.25, 0.3) is 0 Å². The molecule has 1 spiro atoms. The smallest absolute Gasteiger partial charge is 0.237 e. The molecule has 2 saturated heterocycles.